The van der Waals surface area contributed by atoms with Crippen molar-refractivity contribution in [3.05, 3.63) is 27.8 Å². The third kappa shape index (κ3) is 5.26. The molecule has 0 atom stereocenters. The molecule has 0 spiro atoms. The van der Waals surface area contributed by atoms with E-state index in [9.17, 15) is 0 Å². The van der Waals surface area contributed by atoms with Crippen LogP contribution in [0, 0.1) is 13.8 Å². The van der Waals surface area contributed by atoms with E-state index in [1.165, 1.54) is 68.1 Å². The summed E-state index contributed by atoms with van der Waals surface area (Å²) in [6.07, 6.45) is 13.0. The topological polar surface area (TPSA) is 9.23 Å². The molecule has 0 N–H and O–H groups in total. The number of hydrogen-bond acceptors (Lipinski definition) is 1. The molecule has 0 bridgehead atoms. The summed E-state index contributed by atoms with van der Waals surface area (Å²) in [5, 5.41) is 0. The zero-order valence-electron chi connectivity index (χ0n) is 16.5. The summed E-state index contributed by atoms with van der Waals surface area (Å²) in [6.45, 7) is 11.3. The first-order chi connectivity index (χ1) is 11.1. The molecular formula is C22H38O. The maximum absolute atomic E-state index is 5.81. The quantitative estimate of drug-likeness (QED) is 0.411. The maximum Gasteiger partial charge on any atom is 0.125 e. The Hall–Kier alpha value is -0.980. The fraction of sp³-hybridized carbons (Fsp3) is 0.727. The van der Waals surface area contributed by atoms with Gasteiger partial charge in [0.25, 0.3) is 0 Å². The van der Waals surface area contributed by atoms with E-state index in [0.717, 1.165) is 18.6 Å². The molecule has 1 heteroatoms. The SMILES string of the molecule is CCCCCCCCCc1c(CC)c(CC)c(C)c(C)c1OC. The normalized spacial score (nSPS) is 11.0. The van der Waals surface area contributed by atoms with Crippen molar-refractivity contribution < 1.29 is 4.74 Å². The Bertz CT molecular complexity index is 474. The van der Waals surface area contributed by atoms with E-state index in [1.54, 1.807) is 11.1 Å². The number of methoxy groups -OCH3 is 1. The second-order valence-corrected chi connectivity index (χ2v) is 6.80. The lowest BCUT2D eigenvalue weighted by Gasteiger charge is -2.22. The Morgan fingerprint density at radius 2 is 1.22 bits per heavy atom. The third-order valence-corrected chi connectivity index (χ3v) is 5.30. The Labute approximate surface area is 144 Å². The van der Waals surface area contributed by atoms with Gasteiger partial charge in [-0.3, -0.25) is 0 Å². The van der Waals surface area contributed by atoms with E-state index >= 15 is 0 Å². The molecule has 0 saturated carbocycles. The van der Waals surface area contributed by atoms with Gasteiger partial charge in [-0.2, -0.15) is 0 Å². The van der Waals surface area contributed by atoms with Crippen LogP contribution in [0.3, 0.4) is 0 Å². The van der Waals surface area contributed by atoms with E-state index < -0.39 is 0 Å². The largest absolute Gasteiger partial charge is 0.496 e. The number of unbranched alkanes of at least 4 members (excludes halogenated alkanes) is 6. The van der Waals surface area contributed by atoms with Crippen molar-refractivity contribution in [1.29, 1.82) is 0 Å². The number of benzene rings is 1. The van der Waals surface area contributed by atoms with Gasteiger partial charge in [0.05, 0.1) is 7.11 Å². The molecule has 0 amide bonds. The number of rotatable bonds is 11. The fourth-order valence-electron chi connectivity index (χ4n) is 3.87. The van der Waals surface area contributed by atoms with Crippen LogP contribution in [0.1, 0.15) is 93.5 Å². The van der Waals surface area contributed by atoms with Gasteiger partial charge in [0.15, 0.2) is 0 Å². The number of hydrogen-bond donors (Lipinski definition) is 0. The predicted molar refractivity (Wildman–Crippen MR) is 103 cm³/mol. The van der Waals surface area contributed by atoms with Crippen LogP contribution in [0.4, 0.5) is 0 Å². The molecule has 132 valence electrons. The highest BCUT2D eigenvalue weighted by molar-refractivity contribution is 5.55. The smallest absolute Gasteiger partial charge is 0.125 e. The van der Waals surface area contributed by atoms with Gasteiger partial charge >= 0.3 is 0 Å². The van der Waals surface area contributed by atoms with Gasteiger partial charge in [-0.1, -0.05) is 59.3 Å². The van der Waals surface area contributed by atoms with Crippen molar-refractivity contribution in [2.24, 2.45) is 0 Å². The minimum Gasteiger partial charge on any atom is -0.496 e. The molecule has 1 aromatic carbocycles. The van der Waals surface area contributed by atoms with Gasteiger partial charge in [0, 0.05) is 0 Å². The van der Waals surface area contributed by atoms with Crippen molar-refractivity contribution in [2.45, 2.75) is 98.8 Å². The van der Waals surface area contributed by atoms with Crippen LogP contribution in [0.15, 0.2) is 0 Å². The molecule has 1 rings (SSSR count). The summed E-state index contributed by atoms with van der Waals surface area (Å²) in [4.78, 5) is 0. The molecule has 0 fully saturated rings. The fourth-order valence-corrected chi connectivity index (χ4v) is 3.87. The molecule has 0 saturated heterocycles. The molecule has 0 aromatic heterocycles. The molecule has 0 unspecified atom stereocenters. The summed E-state index contributed by atoms with van der Waals surface area (Å²) in [6, 6.07) is 0. The zero-order chi connectivity index (χ0) is 17.2. The van der Waals surface area contributed by atoms with Crippen LogP contribution in [-0.2, 0) is 19.3 Å². The summed E-state index contributed by atoms with van der Waals surface area (Å²) < 4.78 is 5.81. The Balaban J connectivity index is 2.81. The highest BCUT2D eigenvalue weighted by Gasteiger charge is 2.18. The lowest BCUT2D eigenvalue weighted by Crippen LogP contribution is -2.07. The van der Waals surface area contributed by atoms with Gasteiger partial charge in [-0.25, -0.2) is 0 Å². The van der Waals surface area contributed by atoms with Crippen molar-refractivity contribution >= 4 is 0 Å². The Morgan fingerprint density at radius 3 is 1.74 bits per heavy atom. The van der Waals surface area contributed by atoms with E-state index in [4.69, 9.17) is 4.74 Å². The van der Waals surface area contributed by atoms with E-state index in [-0.39, 0.29) is 0 Å². The summed E-state index contributed by atoms with van der Waals surface area (Å²) in [7, 11) is 1.83. The molecule has 0 aliphatic rings. The molecule has 23 heavy (non-hydrogen) atoms. The lowest BCUT2D eigenvalue weighted by molar-refractivity contribution is 0.404. The first-order valence-corrected chi connectivity index (χ1v) is 9.79. The molecule has 0 radical (unpaired) electrons. The van der Waals surface area contributed by atoms with E-state index in [1.807, 2.05) is 7.11 Å². The average Bonchev–Trinajstić information content (AvgIpc) is 2.56. The molecule has 1 nitrogen and oxygen atoms in total. The van der Waals surface area contributed by atoms with Crippen molar-refractivity contribution in [2.75, 3.05) is 7.11 Å². The maximum atomic E-state index is 5.81. The molecule has 1 aromatic rings. The van der Waals surface area contributed by atoms with Crippen molar-refractivity contribution in [3.63, 3.8) is 0 Å². The van der Waals surface area contributed by atoms with Gasteiger partial charge < -0.3 is 4.74 Å². The van der Waals surface area contributed by atoms with Gasteiger partial charge in [0.1, 0.15) is 5.75 Å². The van der Waals surface area contributed by atoms with Gasteiger partial charge in [-0.05, 0) is 67.3 Å². The van der Waals surface area contributed by atoms with Crippen molar-refractivity contribution in [1.82, 2.24) is 0 Å². The van der Waals surface area contributed by atoms with Crippen LogP contribution in [0.25, 0.3) is 0 Å². The van der Waals surface area contributed by atoms with Crippen LogP contribution in [-0.4, -0.2) is 7.11 Å². The number of ether oxygens (including phenoxy) is 1. The molecular weight excluding hydrogens is 280 g/mol. The third-order valence-electron chi connectivity index (χ3n) is 5.30. The lowest BCUT2D eigenvalue weighted by atomic mass is 9.86. The molecule has 0 aliphatic heterocycles. The summed E-state index contributed by atoms with van der Waals surface area (Å²) in [5.41, 5.74) is 7.38. The van der Waals surface area contributed by atoms with Gasteiger partial charge in [-0.15, -0.1) is 0 Å². The average molecular weight is 319 g/mol. The first-order valence-electron chi connectivity index (χ1n) is 9.79. The van der Waals surface area contributed by atoms with Crippen molar-refractivity contribution in [3.8, 4) is 5.75 Å². The standard InChI is InChI=1S/C22H38O/c1-7-10-11-12-13-14-15-16-21-20(9-3)19(8-2)17(4)18(5)22(21)23-6/h7-16H2,1-6H3. The highest BCUT2D eigenvalue weighted by atomic mass is 16.5. The highest BCUT2D eigenvalue weighted by Crippen LogP contribution is 2.35. The first kappa shape index (κ1) is 20.1. The van der Waals surface area contributed by atoms with Crippen LogP contribution >= 0.6 is 0 Å². The second-order valence-electron chi connectivity index (χ2n) is 6.80. The van der Waals surface area contributed by atoms with E-state index in [2.05, 4.69) is 34.6 Å². The minimum absolute atomic E-state index is 1.12. The van der Waals surface area contributed by atoms with Crippen LogP contribution in [0.5, 0.6) is 5.75 Å². The monoisotopic (exact) mass is 318 g/mol. The van der Waals surface area contributed by atoms with E-state index in [0.29, 0.717) is 0 Å². The molecule has 0 heterocycles. The summed E-state index contributed by atoms with van der Waals surface area (Å²) >= 11 is 0. The summed E-state index contributed by atoms with van der Waals surface area (Å²) in [5.74, 6) is 1.16. The second kappa shape index (κ2) is 10.7. The zero-order valence-corrected chi connectivity index (χ0v) is 16.5. The minimum atomic E-state index is 1.12. The Morgan fingerprint density at radius 1 is 0.652 bits per heavy atom. The molecule has 0 aliphatic carbocycles. The predicted octanol–water partition coefficient (Wildman–Crippen LogP) is 6.73. The van der Waals surface area contributed by atoms with Crippen LogP contribution in [0.2, 0.25) is 0 Å². The van der Waals surface area contributed by atoms with Gasteiger partial charge in [0.2, 0.25) is 0 Å². The Kier molecular flexibility index (Phi) is 9.36. The van der Waals surface area contributed by atoms with Crippen LogP contribution < -0.4 is 4.74 Å².